The lowest BCUT2D eigenvalue weighted by Crippen LogP contribution is -2.44. The number of hydrogen-bond acceptors (Lipinski definition) is 3. The van der Waals surface area contributed by atoms with E-state index in [-0.39, 0.29) is 23.6 Å². The predicted octanol–water partition coefficient (Wildman–Crippen LogP) is 2.53. The summed E-state index contributed by atoms with van der Waals surface area (Å²) >= 11 is 0. The second-order valence-corrected chi connectivity index (χ2v) is 6.35. The van der Waals surface area contributed by atoms with Crippen LogP contribution in [0.4, 0.5) is 5.69 Å². The quantitative estimate of drug-likeness (QED) is 0.796. The maximum Gasteiger partial charge on any atom is 0.253 e. The van der Waals surface area contributed by atoms with Gasteiger partial charge in [0.05, 0.1) is 0 Å². The smallest absolute Gasteiger partial charge is 0.253 e. The number of nitrogens with one attached hydrogen (secondary N) is 1. The first-order valence-electron chi connectivity index (χ1n) is 9.11. The third-order valence-electron chi connectivity index (χ3n) is 4.77. The molecule has 1 saturated heterocycles. The second kappa shape index (κ2) is 9.17. The van der Waals surface area contributed by atoms with Crippen molar-refractivity contribution in [2.75, 3.05) is 31.5 Å². The molecule has 1 aliphatic rings. The first-order chi connectivity index (χ1) is 12.5. The molecule has 6 nitrogen and oxygen atoms in total. The SMILES string of the molecule is C=CC(=O)Nc1cccc(C(=O)N2CCC(C(=O)N(CC)CC)CC2)c1. The maximum atomic E-state index is 12.7. The van der Waals surface area contributed by atoms with E-state index in [1.54, 1.807) is 29.2 Å². The van der Waals surface area contributed by atoms with Gasteiger partial charge < -0.3 is 15.1 Å². The zero-order chi connectivity index (χ0) is 19.1. The summed E-state index contributed by atoms with van der Waals surface area (Å²) in [6, 6.07) is 6.87. The Labute approximate surface area is 154 Å². The highest BCUT2D eigenvalue weighted by Crippen LogP contribution is 2.22. The molecule has 0 aromatic heterocycles. The molecule has 0 unspecified atom stereocenters. The van der Waals surface area contributed by atoms with Gasteiger partial charge >= 0.3 is 0 Å². The Kier molecular flexibility index (Phi) is 6.95. The predicted molar refractivity (Wildman–Crippen MR) is 102 cm³/mol. The van der Waals surface area contributed by atoms with Crippen LogP contribution in [0.5, 0.6) is 0 Å². The van der Waals surface area contributed by atoms with E-state index in [2.05, 4.69) is 11.9 Å². The van der Waals surface area contributed by atoms with E-state index >= 15 is 0 Å². The Morgan fingerprint density at radius 2 is 1.88 bits per heavy atom. The van der Waals surface area contributed by atoms with Crippen LogP contribution in [0.25, 0.3) is 0 Å². The summed E-state index contributed by atoms with van der Waals surface area (Å²) < 4.78 is 0. The van der Waals surface area contributed by atoms with Gasteiger partial charge in [-0.1, -0.05) is 12.6 Å². The molecule has 0 bridgehead atoms. The Bertz CT molecular complexity index is 675. The van der Waals surface area contributed by atoms with E-state index in [1.807, 2.05) is 18.7 Å². The first kappa shape index (κ1) is 19.7. The van der Waals surface area contributed by atoms with E-state index in [0.717, 1.165) is 13.1 Å². The van der Waals surface area contributed by atoms with Crippen LogP contribution in [0.1, 0.15) is 37.0 Å². The van der Waals surface area contributed by atoms with Gasteiger partial charge in [0, 0.05) is 43.3 Å². The molecule has 0 saturated carbocycles. The minimum atomic E-state index is -0.315. The van der Waals surface area contributed by atoms with Crippen molar-refractivity contribution in [2.45, 2.75) is 26.7 Å². The van der Waals surface area contributed by atoms with Gasteiger partial charge in [-0.15, -0.1) is 0 Å². The Morgan fingerprint density at radius 1 is 1.23 bits per heavy atom. The van der Waals surface area contributed by atoms with Crippen molar-refractivity contribution in [3.8, 4) is 0 Å². The summed E-state index contributed by atoms with van der Waals surface area (Å²) in [4.78, 5) is 40.2. The molecule has 1 aliphatic heterocycles. The average molecular weight is 357 g/mol. The molecule has 0 radical (unpaired) electrons. The summed E-state index contributed by atoms with van der Waals surface area (Å²) in [7, 11) is 0. The van der Waals surface area contributed by atoms with Gasteiger partial charge in [-0.2, -0.15) is 0 Å². The molecule has 3 amide bonds. The molecule has 1 heterocycles. The monoisotopic (exact) mass is 357 g/mol. The molecular weight excluding hydrogens is 330 g/mol. The molecule has 1 aromatic rings. The summed E-state index contributed by atoms with van der Waals surface area (Å²) in [5.74, 6) is -0.202. The number of nitrogens with zero attached hydrogens (tertiary/aromatic N) is 2. The van der Waals surface area contributed by atoms with Crippen LogP contribution < -0.4 is 5.32 Å². The topological polar surface area (TPSA) is 69.7 Å². The number of benzene rings is 1. The molecule has 0 atom stereocenters. The number of likely N-dealkylation sites (tertiary alicyclic amines) is 1. The van der Waals surface area contributed by atoms with Crippen LogP contribution in [-0.2, 0) is 9.59 Å². The lowest BCUT2D eigenvalue weighted by molar-refractivity contribution is -0.136. The fraction of sp³-hybridized carbons (Fsp3) is 0.450. The molecular formula is C20H27N3O3. The molecule has 26 heavy (non-hydrogen) atoms. The zero-order valence-corrected chi connectivity index (χ0v) is 15.5. The van der Waals surface area contributed by atoms with Gasteiger partial charge in [0.1, 0.15) is 0 Å². The van der Waals surface area contributed by atoms with Crippen molar-refractivity contribution < 1.29 is 14.4 Å². The summed E-state index contributed by atoms with van der Waals surface area (Å²) in [5, 5.41) is 2.66. The van der Waals surface area contributed by atoms with Gasteiger partial charge in [-0.25, -0.2) is 0 Å². The number of amides is 3. The van der Waals surface area contributed by atoms with Crippen LogP contribution in [0.15, 0.2) is 36.9 Å². The third-order valence-corrected chi connectivity index (χ3v) is 4.77. The number of carbonyl (C=O) groups is 3. The van der Waals surface area contributed by atoms with Crippen LogP contribution in [0, 0.1) is 5.92 Å². The highest BCUT2D eigenvalue weighted by atomic mass is 16.2. The largest absolute Gasteiger partial charge is 0.343 e. The van der Waals surface area contributed by atoms with Crippen LogP contribution >= 0.6 is 0 Å². The fourth-order valence-electron chi connectivity index (χ4n) is 3.23. The van der Waals surface area contributed by atoms with Gasteiger partial charge in [-0.3, -0.25) is 14.4 Å². The van der Waals surface area contributed by atoms with E-state index in [0.29, 0.717) is 37.2 Å². The van der Waals surface area contributed by atoms with E-state index in [4.69, 9.17) is 0 Å². The van der Waals surface area contributed by atoms with Crippen LogP contribution in [0.2, 0.25) is 0 Å². The third kappa shape index (κ3) is 4.71. The standard InChI is InChI=1S/C20H27N3O3/c1-4-18(24)21-17-9-7-8-16(14-17)20(26)23-12-10-15(11-13-23)19(25)22(5-2)6-3/h4,7-9,14-15H,1,5-6,10-13H2,2-3H3,(H,21,24). The minimum absolute atomic E-state index is 0.00263. The summed E-state index contributed by atoms with van der Waals surface area (Å²) in [6.45, 7) is 9.96. The van der Waals surface area contributed by atoms with Crippen molar-refractivity contribution in [2.24, 2.45) is 5.92 Å². The number of hydrogen-bond donors (Lipinski definition) is 1. The lowest BCUT2D eigenvalue weighted by atomic mass is 9.94. The zero-order valence-electron chi connectivity index (χ0n) is 15.5. The van der Waals surface area contributed by atoms with Crippen molar-refractivity contribution in [1.29, 1.82) is 0 Å². The van der Waals surface area contributed by atoms with Crippen molar-refractivity contribution in [3.63, 3.8) is 0 Å². The van der Waals surface area contributed by atoms with Gasteiger partial charge in [-0.05, 0) is 51.0 Å². The van der Waals surface area contributed by atoms with Crippen molar-refractivity contribution >= 4 is 23.4 Å². The highest BCUT2D eigenvalue weighted by molar-refractivity contribution is 6.00. The number of rotatable bonds is 6. The molecule has 6 heteroatoms. The molecule has 0 spiro atoms. The van der Waals surface area contributed by atoms with Crippen LogP contribution in [-0.4, -0.2) is 53.7 Å². The number of anilines is 1. The lowest BCUT2D eigenvalue weighted by Gasteiger charge is -2.33. The normalized spacial score (nSPS) is 14.6. The van der Waals surface area contributed by atoms with Gasteiger partial charge in [0.15, 0.2) is 0 Å². The molecule has 1 fully saturated rings. The molecule has 1 aromatic carbocycles. The molecule has 1 N–H and O–H groups in total. The highest BCUT2D eigenvalue weighted by Gasteiger charge is 2.29. The van der Waals surface area contributed by atoms with Gasteiger partial charge in [0.25, 0.3) is 5.91 Å². The fourth-order valence-corrected chi connectivity index (χ4v) is 3.23. The number of piperidine rings is 1. The minimum Gasteiger partial charge on any atom is -0.343 e. The van der Waals surface area contributed by atoms with E-state index in [1.165, 1.54) is 6.08 Å². The summed E-state index contributed by atoms with van der Waals surface area (Å²) in [6.07, 6.45) is 2.56. The van der Waals surface area contributed by atoms with Crippen LogP contribution in [0.3, 0.4) is 0 Å². The Morgan fingerprint density at radius 3 is 2.46 bits per heavy atom. The van der Waals surface area contributed by atoms with E-state index in [9.17, 15) is 14.4 Å². The second-order valence-electron chi connectivity index (χ2n) is 6.35. The molecule has 140 valence electrons. The average Bonchev–Trinajstić information content (AvgIpc) is 2.68. The molecule has 0 aliphatic carbocycles. The maximum absolute atomic E-state index is 12.7. The Balaban J connectivity index is 1.98. The summed E-state index contributed by atoms with van der Waals surface area (Å²) in [5.41, 5.74) is 1.09. The van der Waals surface area contributed by atoms with Crippen molar-refractivity contribution in [3.05, 3.63) is 42.5 Å². The van der Waals surface area contributed by atoms with Gasteiger partial charge in [0.2, 0.25) is 11.8 Å². The van der Waals surface area contributed by atoms with E-state index < -0.39 is 0 Å². The number of carbonyl (C=O) groups excluding carboxylic acids is 3. The van der Waals surface area contributed by atoms with Crippen molar-refractivity contribution in [1.82, 2.24) is 9.80 Å². The molecule has 2 rings (SSSR count). The Hall–Kier alpha value is -2.63. The first-order valence-corrected chi connectivity index (χ1v) is 9.11.